The van der Waals surface area contributed by atoms with Gasteiger partial charge >= 0.3 is 0 Å². The summed E-state index contributed by atoms with van der Waals surface area (Å²) in [4.78, 5) is 12.0. The third-order valence-corrected chi connectivity index (χ3v) is 4.25. The zero-order chi connectivity index (χ0) is 16.9. The van der Waals surface area contributed by atoms with E-state index in [1.807, 2.05) is 0 Å². The molecule has 0 fully saturated rings. The molecule has 0 aliphatic heterocycles. The first kappa shape index (κ1) is 17.6. The second kappa shape index (κ2) is 7.66. The summed E-state index contributed by atoms with van der Waals surface area (Å²) in [6, 6.07) is 8.45. The number of aromatic nitrogens is 2. The van der Waals surface area contributed by atoms with E-state index in [-0.39, 0.29) is 11.3 Å². The highest BCUT2D eigenvalue weighted by atomic mass is 32.1. The molecule has 1 heterocycles. The molecule has 0 saturated carbocycles. The van der Waals surface area contributed by atoms with Gasteiger partial charge in [0, 0.05) is 13.5 Å². The fraction of sp³-hybridized carbons (Fsp3) is 0.471. The van der Waals surface area contributed by atoms with Crippen LogP contribution in [-0.4, -0.2) is 23.2 Å². The average Bonchev–Trinajstić information content (AvgIpc) is 2.92. The second-order valence-corrected chi connectivity index (χ2v) is 7.49. The Balaban J connectivity index is 1.84. The van der Waals surface area contributed by atoms with Crippen LogP contribution in [0.1, 0.15) is 43.3 Å². The Morgan fingerprint density at radius 2 is 1.91 bits per heavy atom. The van der Waals surface area contributed by atoms with Crippen molar-refractivity contribution in [2.75, 3.05) is 12.4 Å². The molecule has 5 nitrogen and oxygen atoms in total. The third kappa shape index (κ3) is 5.41. The number of amides is 1. The Hall–Kier alpha value is -1.79. The zero-order valence-corrected chi connectivity index (χ0v) is 14.9. The molecule has 1 aromatic heterocycles. The fourth-order valence-corrected chi connectivity index (χ4v) is 2.83. The molecule has 124 valence electrons. The molecule has 0 aliphatic carbocycles. The molecule has 0 spiro atoms. The number of nitrogens with one attached hydrogen (secondary N) is 1. The topological polar surface area (TPSA) is 64.1 Å². The number of benzene rings is 1. The van der Waals surface area contributed by atoms with Gasteiger partial charge in [0.25, 0.3) is 0 Å². The minimum Gasteiger partial charge on any atom is -0.377 e. The van der Waals surface area contributed by atoms with Crippen LogP contribution in [0.3, 0.4) is 0 Å². The summed E-state index contributed by atoms with van der Waals surface area (Å²) in [5, 5.41) is 11.9. The summed E-state index contributed by atoms with van der Waals surface area (Å²) < 4.78 is 4.98. The second-order valence-electron chi connectivity index (χ2n) is 6.43. The van der Waals surface area contributed by atoms with Crippen LogP contribution < -0.4 is 5.32 Å². The summed E-state index contributed by atoms with van der Waals surface area (Å²) in [5.74, 6) is -0.0509. The Morgan fingerprint density at radius 3 is 2.52 bits per heavy atom. The van der Waals surface area contributed by atoms with Crippen LogP contribution in [0.2, 0.25) is 0 Å². The number of hydrogen-bond donors (Lipinski definition) is 1. The number of anilines is 1. The van der Waals surface area contributed by atoms with Gasteiger partial charge in [-0.05, 0) is 23.0 Å². The number of aryl methyl sites for hydroxylation is 1. The van der Waals surface area contributed by atoms with E-state index in [2.05, 4.69) is 60.6 Å². The van der Waals surface area contributed by atoms with Crippen LogP contribution in [0.25, 0.3) is 0 Å². The van der Waals surface area contributed by atoms with Gasteiger partial charge in [0.1, 0.15) is 11.6 Å². The Morgan fingerprint density at radius 1 is 1.22 bits per heavy atom. The number of nitrogens with zero attached hydrogens (tertiary/aromatic N) is 2. The van der Waals surface area contributed by atoms with E-state index >= 15 is 0 Å². The molecular weight excluding hydrogens is 310 g/mol. The first-order chi connectivity index (χ1) is 10.9. The number of carbonyl (C=O) groups excluding carboxylic acids is 1. The van der Waals surface area contributed by atoms with Crippen molar-refractivity contribution in [3.63, 3.8) is 0 Å². The molecule has 23 heavy (non-hydrogen) atoms. The molecule has 0 radical (unpaired) electrons. The lowest BCUT2D eigenvalue weighted by atomic mass is 9.86. The SMILES string of the molecule is COCc1nnc(NC(=O)CCc2ccc(C(C)(C)C)cc2)s1. The number of methoxy groups -OCH3 is 1. The minimum atomic E-state index is -0.0509. The predicted molar refractivity (Wildman–Crippen MR) is 92.7 cm³/mol. The van der Waals surface area contributed by atoms with Gasteiger partial charge in [-0.15, -0.1) is 10.2 Å². The molecule has 0 atom stereocenters. The van der Waals surface area contributed by atoms with Crippen molar-refractivity contribution in [1.82, 2.24) is 10.2 Å². The lowest BCUT2D eigenvalue weighted by Gasteiger charge is -2.19. The molecule has 6 heteroatoms. The van der Waals surface area contributed by atoms with Gasteiger partial charge < -0.3 is 10.1 Å². The average molecular weight is 333 g/mol. The van der Waals surface area contributed by atoms with Gasteiger partial charge in [0.2, 0.25) is 11.0 Å². The highest BCUT2D eigenvalue weighted by Crippen LogP contribution is 2.22. The fourth-order valence-electron chi connectivity index (χ4n) is 2.10. The van der Waals surface area contributed by atoms with Crippen molar-refractivity contribution in [3.05, 3.63) is 40.4 Å². The Kier molecular flexibility index (Phi) is 5.85. The van der Waals surface area contributed by atoms with Crippen molar-refractivity contribution in [1.29, 1.82) is 0 Å². The van der Waals surface area contributed by atoms with Crippen LogP contribution in [-0.2, 0) is 28.0 Å². The molecule has 1 aromatic carbocycles. The van der Waals surface area contributed by atoms with Gasteiger partial charge in [-0.25, -0.2) is 0 Å². The van der Waals surface area contributed by atoms with Crippen LogP contribution in [0, 0.1) is 0 Å². The molecule has 0 saturated heterocycles. The van der Waals surface area contributed by atoms with Gasteiger partial charge in [0.15, 0.2) is 0 Å². The van der Waals surface area contributed by atoms with Crippen LogP contribution >= 0.6 is 11.3 Å². The number of ether oxygens (including phenoxy) is 1. The summed E-state index contributed by atoms with van der Waals surface area (Å²) in [6.45, 7) is 6.98. The summed E-state index contributed by atoms with van der Waals surface area (Å²) in [5.41, 5.74) is 2.60. The van der Waals surface area contributed by atoms with Crippen molar-refractivity contribution >= 4 is 22.4 Å². The third-order valence-electron chi connectivity index (χ3n) is 3.44. The lowest BCUT2D eigenvalue weighted by molar-refractivity contribution is -0.116. The van der Waals surface area contributed by atoms with Gasteiger partial charge in [-0.3, -0.25) is 4.79 Å². The highest BCUT2D eigenvalue weighted by molar-refractivity contribution is 7.15. The van der Waals surface area contributed by atoms with E-state index in [0.717, 1.165) is 10.6 Å². The monoisotopic (exact) mass is 333 g/mol. The van der Waals surface area contributed by atoms with Crippen LogP contribution in [0.5, 0.6) is 0 Å². The van der Waals surface area contributed by atoms with Gasteiger partial charge in [0.05, 0.1) is 0 Å². The standard InChI is InChI=1S/C17H23N3O2S/c1-17(2,3)13-8-5-12(6-9-13)7-10-14(21)18-16-20-19-15(23-16)11-22-4/h5-6,8-9H,7,10-11H2,1-4H3,(H,18,20,21). The van der Waals surface area contributed by atoms with Crippen molar-refractivity contribution in [3.8, 4) is 0 Å². The highest BCUT2D eigenvalue weighted by Gasteiger charge is 2.13. The van der Waals surface area contributed by atoms with E-state index in [1.54, 1.807) is 7.11 Å². The maximum atomic E-state index is 12.0. The summed E-state index contributed by atoms with van der Waals surface area (Å²) in [6.07, 6.45) is 1.13. The molecule has 2 rings (SSSR count). The van der Waals surface area contributed by atoms with Gasteiger partial charge in [-0.2, -0.15) is 0 Å². The number of rotatable bonds is 6. The Labute approximate surface area is 141 Å². The summed E-state index contributed by atoms with van der Waals surface area (Å²) in [7, 11) is 1.60. The smallest absolute Gasteiger partial charge is 0.226 e. The van der Waals surface area contributed by atoms with E-state index < -0.39 is 0 Å². The van der Waals surface area contributed by atoms with Crippen LogP contribution in [0.4, 0.5) is 5.13 Å². The van der Waals surface area contributed by atoms with Crippen molar-refractivity contribution in [2.45, 2.75) is 45.6 Å². The molecule has 0 aliphatic rings. The number of hydrogen-bond acceptors (Lipinski definition) is 5. The molecule has 1 amide bonds. The van der Waals surface area contributed by atoms with Gasteiger partial charge in [-0.1, -0.05) is 56.4 Å². The summed E-state index contributed by atoms with van der Waals surface area (Å²) >= 11 is 1.33. The van der Waals surface area contributed by atoms with E-state index in [4.69, 9.17) is 4.74 Å². The maximum Gasteiger partial charge on any atom is 0.226 e. The molecule has 0 unspecified atom stereocenters. The molecule has 0 bridgehead atoms. The molecule has 2 aromatic rings. The first-order valence-electron chi connectivity index (χ1n) is 7.59. The maximum absolute atomic E-state index is 12.0. The Bertz CT molecular complexity index is 645. The first-order valence-corrected chi connectivity index (χ1v) is 8.41. The van der Waals surface area contributed by atoms with Crippen molar-refractivity contribution < 1.29 is 9.53 Å². The number of carbonyl (C=O) groups is 1. The zero-order valence-electron chi connectivity index (χ0n) is 14.0. The lowest BCUT2D eigenvalue weighted by Crippen LogP contribution is -2.13. The minimum absolute atomic E-state index is 0.0509. The molecule has 1 N–H and O–H groups in total. The van der Waals surface area contributed by atoms with E-state index in [9.17, 15) is 4.79 Å². The quantitative estimate of drug-likeness (QED) is 0.878. The predicted octanol–water partition coefficient (Wildman–Crippen LogP) is 3.55. The normalized spacial score (nSPS) is 11.5. The van der Waals surface area contributed by atoms with Crippen LogP contribution in [0.15, 0.2) is 24.3 Å². The van der Waals surface area contributed by atoms with E-state index in [1.165, 1.54) is 16.9 Å². The van der Waals surface area contributed by atoms with E-state index in [0.29, 0.717) is 24.6 Å². The largest absolute Gasteiger partial charge is 0.377 e. The molecular formula is C17H23N3O2S. The van der Waals surface area contributed by atoms with Crippen molar-refractivity contribution in [2.24, 2.45) is 0 Å².